The van der Waals surface area contributed by atoms with Crippen LogP contribution in [0.2, 0.25) is 0 Å². The lowest BCUT2D eigenvalue weighted by atomic mass is 9.97. The molecule has 1 aliphatic rings. The maximum absolute atomic E-state index is 12.2. The van der Waals surface area contributed by atoms with Gasteiger partial charge in [0, 0.05) is 18.2 Å². The second-order valence-corrected chi connectivity index (χ2v) is 5.36. The Bertz CT molecular complexity index is 453. The number of hydrogen-bond acceptors (Lipinski definition) is 3. The van der Waals surface area contributed by atoms with E-state index in [0.717, 1.165) is 18.4 Å². The number of nitrogens with one attached hydrogen (secondary N) is 1. The Morgan fingerprint density at radius 1 is 1.47 bits per heavy atom. The van der Waals surface area contributed by atoms with E-state index in [1.54, 1.807) is 19.1 Å². The number of amides is 1. The first-order valence-electron chi connectivity index (χ1n) is 6.92. The largest absolute Gasteiger partial charge is 0.508 e. The Morgan fingerprint density at radius 3 is 2.74 bits per heavy atom. The van der Waals surface area contributed by atoms with Gasteiger partial charge >= 0.3 is 0 Å². The molecule has 1 aliphatic carbocycles. The maximum Gasteiger partial charge on any atom is 0.251 e. The van der Waals surface area contributed by atoms with Gasteiger partial charge in [-0.05, 0) is 43.4 Å². The average Bonchev–Trinajstić information content (AvgIpc) is 2.92. The van der Waals surface area contributed by atoms with Crippen molar-refractivity contribution < 1.29 is 9.90 Å². The Labute approximate surface area is 114 Å². The van der Waals surface area contributed by atoms with E-state index in [4.69, 9.17) is 5.73 Å². The molecule has 2 rings (SSSR count). The van der Waals surface area contributed by atoms with Gasteiger partial charge in [-0.1, -0.05) is 18.9 Å². The summed E-state index contributed by atoms with van der Waals surface area (Å²) >= 11 is 0. The number of phenols is 1. The van der Waals surface area contributed by atoms with Crippen molar-refractivity contribution in [3.05, 3.63) is 29.3 Å². The molecule has 1 aromatic carbocycles. The number of hydrogen-bond donors (Lipinski definition) is 3. The summed E-state index contributed by atoms with van der Waals surface area (Å²) in [5.41, 5.74) is 7.02. The zero-order valence-corrected chi connectivity index (χ0v) is 11.4. The molecule has 104 valence electrons. The van der Waals surface area contributed by atoms with E-state index in [0.29, 0.717) is 18.0 Å². The monoisotopic (exact) mass is 262 g/mol. The fourth-order valence-electron chi connectivity index (χ4n) is 2.73. The topological polar surface area (TPSA) is 75.4 Å². The van der Waals surface area contributed by atoms with Crippen LogP contribution in [0.25, 0.3) is 0 Å². The first-order chi connectivity index (χ1) is 9.11. The third kappa shape index (κ3) is 3.26. The van der Waals surface area contributed by atoms with Crippen molar-refractivity contribution in [1.82, 2.24) is 5.32 Å². The van der Waals surface area contributed by atoms with Crippen molar-refractivity contribution in [2.75, 3.05) is 6.54 Å². The number of phenolic OH excluding ortho intramolecular Hbond substituents is 1. The highest BCUT2D eigenvalue weighted by Crippen LogP contribution is 2.27. The molecule has 19 heavy (non-hydrogen) atoms. The van der Waals surface area contributed by atoms with E-state index >= 15 is 0 Å². The predicted molar refractivity (Wildman–Crippen MR) is 75.1 cm³/mol. The van der Waals surface area contributed by atoms with Gasteiger partial charge in [-0.25, -0.2) is 0 Å². The molecule has 4 heteroatoms. The summed E-state index contributed by atoms with van der Waals surface area (Å²) in [5, 5.41) is 12.6. The Balaban J connectivity index is 2.04. The van der Waals surface area contributed by atoms with Gasteiger partial charge in [0.1, 0.15) is 5.75 Å². The smallest absolute Gasteiger partial charge is 0.251 e. The summed E-state index contributed by atoms with van der Waals surface area (Å²) in [5.74, 6) is 0.489. The molecule has 0 radical (unpaired) electrons. The van der Waals surface area contributed by atoms with E-state index in [1.807, 2.05) is 0 Å². The first kappa shape index (κ1) is 13.9. The lowest BCUT2D eigenvalue weighted by molar-refractivity contribution is 0.0924. The van der Waals surface area contributed by atoms with Crippen LogP contribution in [0.5, 0.6) is 5.75 Å². The van der Waals surface area contributed by atoms with Crippen LogP contribution in [-0.4, -0.2) is 23.6 Å². The zero-order valence-electron chi connectivity index (χ0n) is 11.4. The molecular weight excluding hydrogens is 240 g/mol. The third-order valence-corrected chi connectivity index (χ3v) is 4.01. The minimum atomic E-state index is -0.155. The normalized spacial score (nSPS) is 17.4. The van der Waals surface area contributed by atoms with Gasteiger partial charge in [-0.2, -0.15) is 0 Å². The molecule has 0 aromatic heterocycles. The predicted octanol–water partition coefficient (Wildman–Crippen LogP) is 1.95. The zero-order chi connectivity index (χ0) is 13.8. The molecule has 0 aliphatic heterocycles. The number of carbonyl (C=O) groups excluding carboxylic acids is 1. The number of carbonyl (C=O) groups is 1. The summed E-state index contributed by atoms with van der Waals surface area (Å²) in [6, 6.07) is 5.02. The molecule has 0 saturated heterocycles. The number of nitrogens with two attached hydrogens (primary N) is 1. The molecule has 1 amide bonds. The van der Waals surface area contributed by atoms with Crippen molar-refractivity contribution in [1.29, 1.82) is 0 Å². The summed E-state index contributed by atoms with van der Waals surface area (Å²) in [6.07, 6.45) is 4.73. The third-order valence-electron chi connectivity index (χ3n) is 4.01. The van der Waals surface area contributed by atoms with Crippen molar-refractivity contribution in [2.45, 2.75) is 38.6 Å². The van der Waals surface area contributed by atoms with Crippen molar-refractivity contribution in [3.63, 3.8) is 0 Å². The highest BCUT2D eigenvalue weighted by Gasteiger charge is 2.25. The molecule has 0 heterocycles. The minimum Gasteiger partial charge on any atom is -0.508 e. The van der Waals surface area contributed by atoms with Crippen LogP contribution < -0.4 is 11.1 Å². The van der Waals surface area contributed by atoms with Crippen LogP contribution in [0.3, 0.4) is 0 Å². The molecular formula is C15H22N2O2. The Hall–Kier alpha value is -1.55. The summed E-state index contributed by atoms with van der Waals surface area (Å²) in [6.45, 7) is 2.27. The molecule has 0 spiro atoms. The second-order valence-electron chi connectivity index (χ2n) is 5.36. The average molecular weight is 262 g/mol. The SMILES string of the molecule is Cc1ccc(C(=O)NC(CN)C2CCCC2)cc1O. The van der Waals surface area contributed by atoms with Crippen molar-refractivity contribution in [3.8, 4) is 5.75 Å². The lowest BCUT2D eigenvalue weighted by Gasteiger charge is -2.23. The number of benzene rings is 1. The molecule has 1 atom stereocenters. The van der Waals surface area contributed by atoms with Crippen LogP contribution in [-0.2, 0) is 0 Å². The quantitative estimate of drug-likeness (QED) is 0.776. The Kier molecular flexibility index (Phi) is 4.43. The fraction of sp³-hybridized carbons (Fsp3) is 0.533. The number of rotatable bonds is 4. The van der Waals surface area contributed by atoms with E-state index in [1.165, 1.54) is 18.9 Å². The van der Waals surface area contributed by atoms with Crippen molar-refractivity contribution in [2.24, 2.45) is 11.7 Å². The molecule has 1 fully saturated rings. The first-order valence-corrected chi connectivity index (χ1v) is 6.92. The van der Waals surface area contributed by atoms with Gasteiger partial charge in [-0.15, -0.1) is 0 Å². The maximum atomic E-state index is 12.2. The lowest BCUT2D eigenvalue weighted by Crippen LogP contribution is -2.44. The molecule has 1 unspecified atom stereocenters. The van der Waals surface area contributed by atoms with E-state index in [-0.39, 0.29) is 17.7 Å². The standard InChI is InChI=1S/C15H22N2O2/c1-10-6-7-12(8-14(10)18)15(19)17-13(9-16)11-4-2-3-5-11/h6-8,11,13,18H,2-5,9,16H2,1H3,(H,17,19). The Morgan fingerprint density at radius 2 is 2.16 bits per heavy atom. The summed E-state index contributed by atoms with van der Waals surface area (Å²) in [4.78, 5) is 12.2. The fourth-order valence-corrected chi connectivity index (χ4v) is 2.73. The highest BCUT2D eigenvalue weighted by molar-refractivity contribution is 5.94. The molecule has 1 saturated carbocycles. The molecule has 1 aromatic rings. The van der Waals surface area contributed by atoms with Crippen LogP contribution in [0.1, 0.15) is 41.6 Å². The van der Waals surface area contributed by atoms with Crippen LogP contribution >= 0.6 is 0 Å². The molecule has 4 nitrogen and oxygen atoms in total. The van der Waals surface area contributed by atoms with Crippen LogP contribution in [0, 0.1) is 12.8 Å². The molecule has 0 bridgehead atoms. The van der Waals surface area contributed by atoms with Gasteiger partial charge in [0.2, 0.25) is 0 Å². The molecule has 4 N–H and O–H groups in total. The van der Waals surface area contributed by atoms with E-state index in [9.17, 15) is 9.90 Å². The number of aryl methyl sites for hydroxylation is 1. The van der Waals surface area contributed by atoms with Gasteiger partial charge in [0.25, 0.3) is 5.91 Å². The van der Waals surface area contributed by atoms with Crippen molar-refractivity contribution >= 4 is 5.91 Å². The van der Waals surface area contributed by atoms with Gasteiger partial charge in [0.05, 0.1) is 0 Å². The van der Waals surface area contributed by atoms with Gasteiger partial charge in [0.15, 0.2) is 0 Å². The van der Waals surface area contributed by atoms with Crippen LogP contribution in [0.15, 0.2) is 18.2 Å². The van der Waals surface area contributed by atoms with E-state index in [2.05, 4.69) is 5.32 Å². The summed E-state index contributed by atoms with van der Waals surface area (Å²) < 4.78 is 0. The van der Waals surface area contributed by atoms with Gasteiger partial charge < -0.3 is 16.2 Å². The van der Waals surface area contributed by atoms with Crippen LogP contribution in [0.4, 0.5) is 0 Å². The minimum absolute atomic E-state index is 0.0402. The summed E-state index contributed by atoms with van der Waals surface area (Å²) in [7, 11) is 0. The number of aromatic hydroxyl groups is 1. The second kappa shape index (κ2) is 6.06. The van der Waals surface area contributed by atoms with E-state index < -0.39 is 0 Å². The van der Waals surface area contributed by atoms with Gasteiger partial charge in [-0.3, -0.25) is 4.79 Å². The highest BCUT2D eigenvalue weighted by atomic mass is 16.3.